The lowest BCUT2D eigenvalue weighted by molar-refractivity contribution is -0.133. The molecule has 12 heavy (non-hydrogen) atoms. The second kappa shape index (κ2) is 4.42. The number of hydrogen-bond acceptors (Lipinski definition) is 2. The number of carboxylic acid groups (broad SMARTS) is 1. The summed E-state index contributed by atoms with van der Waals surface area (Å²) in [6.45, 7) is 0. The van der Waals surface area contributed by atoms with Crippen LogP contribution in [0.1, 0.15) is 12.8 Å². The smallest absolute Gasteiger partial charge is 0.331 e. The molecular weight excluding hydrogens is 185 g/mol. The fourth-order valence-electron chi connectivity index (χ4n) is 1.07. The van der Waals surface area contributed by atoms with E-state index in [1.165, 1.54) is 6.08 Å². The Hall–Kier alpha value is -0.610. The van der Waals surface area contributed by atoms with E-state index in [1.54, 1.807) is 0 Å². The zero-order valence-electron chi connectivity index (χ0n) is 6.37. The van der Waals surface area contributed by atoms with E-state index < -0.39 is 18.2 Å². The third-order valence-electron chi connectivity index (χ3n) is 1.78. The lowest BCUT2D eigenvalue weighted by Crippen LogP contribution is -2.35. The second-order valence-electron chi connectivity index (χ2n) is 2.65. The van der Waals surface area contributed by atoms with Gasteiger partial charge in [-0.25, -0.2) is 9.18 Å². The van der Waals surface area contributed by atoms with Crippen molar-refractivity contribution < 1.29 is 14.3 Å². The van der Waals surface area contributed by atoms with E-state index in [1.807, 2.05) is 0 Å². The van der Waals surface area contributed by atoms with Gasteiger partial charge in [-0.15, -0.1) is 12.4 Å². The monoisotopic (exact) mass is 195 g/mol. The molecule has 0 saturated heterocycles. The quantitative estimate of drug-likeness (QED) is 0.653. The summed E-state index contributed by atoms with van der Waals surface area (Å²) in [4.78, 5) is 10.4. The van der Waals surface area contributed by atoms with Crippen molar-refractivity contribution >= 4 is 18.4 Å². The van der Waals surface area contributed by atoms with Crippen LogP contribution in [0.25, 0.3) is 0 Å². The van der Waals surface area contributed by atoms with Crippen LogP contribution in [0.15, 0.2) is 11.6 Å². The van der Waals surface area contributed by atoms with Crippen molar-refractivity contribution in [2.24, 2.45) is 5.73 Å². The van der Waals surface area contributed by atoms with E-state index in [2.05, 4.69) is 0 Å². The van der Waals surface area contributed by atoms with Crippen molar-refractivity contribution in [3.8, 4) is 0 Å². The summed E-state index contributed by atoms with van der Waals surface area (Å²) in [7, 11) is 0. The van der Waals surface area contributed by atoms with Gasteiger partial charge in [-0.2, -0.15) is 0 Å². The van der Waals surface area contributed by atoms with Gasteiger partial charge in [0.1, 0.15) is 6.17 Å². The topological polar surface area (TPSA) is 63.3 Å². The first kappa shape index (κ1) is 11.4. The molecule has 0 radical (unpaired) electrons. The van der Waals surface area contributed by atoms with E-state index in [0.29, 0.717) is 0 Å². The number of carboxylic acids is 1. The van der Waals surface area contributed by atoms with Gasteiger partial charge in [0.15, 0.2) is 0 Å². The highest BCUT2D eigenvalue weighted by atomic mass is 35.5. The summed E-state index contributed by atoms with van der Waals surface area (Å²) >= 11 is 0. The first-order valence-corrected chi connectivity index (χ1v) is 3.43. The number of nitrogens with two attached hydrogens (primary N) is 1. The Balaban J connectivity index is 0.00000121. The summed E-state index contributed by atoms with van der Waals surface area (Å²) in [5.74, 6) is -0.993. The van der Waals surface area contributed by atoms with E-state index in [4.69, 9.17) is 10.8 Å². The van der Waals surface area contributed by atoms with Crippen molar-refractivity contribution in [2.75, 3.05) is 0 Å². The molecule has 0 aliphatic heterocycles. The lowest BCUT2D eigenvalue weighted by Gasteiger charge is -2.20. The Morgan fingerprint density at radius 2 is 2.33 bits per heavy atom. The van der Waals surface area contributed by atoms with Crippen LogP contribution in [0.3, 0.4) is 0 Å². The van der Waals surface area contributed by atoms with Gasteiger partial charge >= 0.3 is 5.97 Å². The van der Waals surface area contributed by atoms with Gasteiger partial charge in [-0.3, -0.25) is 0 Å². The second-order valence-corrected chi connectivity index (χ2v) is 2.65. The fourth-order valence-corrected chi connectivity index (χ4v) is 1.07. The van der Waals surface area contributed by atoms with Crippen LogP contribution in [0.5, 0.6) is 0 Å². The number of halogens is 2. The van der Waals surface area contributed by atoms with Crippen molar-refractivity contribution in [1.29, 1.82) is 0 Å². The number of allylic oxidation sites excluding steroid dienone is 1. The van der Waals surface area contributed by atoms with Crippen molar-refractivity contribution in [3.63, 3.8) is 0 Å². The van der Waals surface area contributed by atoms with E-state index in [9.17, 15) is 9.18 Å². The zero-order chi connectivity index (χ0) is 8.43. The first-order chi connectivity index (χ1) is 5.11. The maximum absolute atomic E-state index is 12.7. The van der Waals surface area contributed by atoms with Crippen LogP contribution in [0, 0.1) is 0 Å². The lowest BCUT2D eigenvalue weighted by atomic mass is 9.94. The van der Waals surface area contributed by atoms with Crippen LogP contribution in [0.4, 0.5) is 4.39 Å². The molecule has 3 N–H and O–H groups in total. The molecule has 3 nitrogen and oxygen atoms in total. The molecule has 5 heteroatoms. The summed E-state index contributed by atoms with van der Waals surface area (Å²) in [6.07, 6.45) is 0.577. The molecule has 0 aromatic heterocycles. The van der Waals surface area contributed by atoms with Gasteiger partial charge in [0, 0.05) is 11.6 Å². The standard InChI is InChI=1S/C7H10FNO2.ClH/c8-5-2-1-4(7(10)11)3-6(5)9;/h1,5-6H,2-3,9H2,(H,10,11);1H/t5-,6-;/m0./s1. The fraction of sp³-hybridized carbons (Fsp3) is 0.571. The zero-order valence-corrected chi connectivity index (χ0v) is 7.18. The SMILES string of the molecule is Cl.N[C@H]1CC(C(=O)O)=CC[C@@H]1F. The highest BCUT2D eigenvalue weighted by Gasteiger charge is 2.24. The summed E-state index contributed by atoms with van der Waals surface area (Å²) in [6, 6.07) is -0.647. The van der Waals surface area contributed by atoms with Gasteiger partial charge in [0.25, 0.3) is 0 Å². The van der Waals surface area contributed by atoms with E-state index in [-0.39, 0.29) is 30.8 Å². The number of carbonyl (C=O) groups is 1. The maximum atomic E-state index is 12.7. The Morgan fingerprint density at radius 3 is 2.75 bits per heavy atom. The number of rotatable bonds is 1. The Morgan fingerprint density at radius 1 is 1.75 bits per heavy atom. The molecule has 0 unspecified atom stereocenters. The molecule has 0 fully saturated rings. The molecule has 1 aliphatic rings. The van der Waals surface area contributed by atoms with Crippen LogP contribution >= 0.6 is 12.4 Å². The van der Waals surface area contributed by atoms with Gasteiger partial charge < -0.3 is 10.8 Å². The Labute approximate surface area is 75.8 Å². The average Bonchev–Trinajstić information content (AvgIpc) is 1.94. The predicted molar refractivity (Wildman–Crippen MR) is 45.1 cm³/mol. The summed E-state index contributed by atoms with van der Waals surface area (Å²) in [5.41, 5.74) is 5.56. The van der Waals surface area contributed by atoms with Gasteiger partial charge in [0.2, 0.25) is 0 Å². The molecule has 0 saturated carbocycles. The molecular formula is C7H11ClFNO2. The third kappa shape index (κ3) is 2.46. The predicted octanol–water partition coefficient (Wildman–Crippen LogP) is 0.878. The van der Waals surface area contributed by atoms with Crippen molar-refractivity contribution in [2.45, 2.75) is 25.1 Å². The molecule has 70 valence electrons. The van der Waals surface area contributed by atoms with Crippen LogP contribution in [0.2, 0.25) is 0 Å². The molecule has 1 aliphatic carbocycles. The van der Waals surface area contributed by atoms with E-state index >= 15 is 0 Å². The number of aliphatic carboxylic acids is 1. The van der Waals surface area contributed by atoms with Crippen LogP contribution < -0.4 is 5.73 Å². The van der Waals surface area contributed by atoms with Gasteiger partial charge in [0.05, 0.1) is 0 Å². The number of hydrogen-bond donors (Lipinski definition) is 2. The molecule has 0 spiro atoms. The molecule has 1 rings (SSSR count). The van der Waals surface area contributed by atoms with Crippen molar-refractivity contribution in [3.05, 3.63) is 11.6 Å². The first-order valence-electron chi connectivity index (χ1n) is 3.43. The van der Waals surface area contributed by atoms with Crippen LogP contribution in [-0.2, 0) is 4.79 Å². The minimum Gasteiger partial charge on any atom is -0.478 e. The van der Waals surface area contributed by atoms with E-state index in [0.717, 1.165) is 0 Å². The molecule has 0 aromatic carbocycles. The summed E-state index contributed by atoms with van der Waals surface area (Å²) in [5, 5.41) is 8.50. The van der Waals surface area contributed by atoms with Crippen LogP contribution in [-0.4, -0.2) is 23.3 Å². The Bertz CT molecular complexity index is 208. The Kier molecular flexibility index (Phi) is 4.20. The van der Waals surface area contributed by atoms with Crippen molar-refractivity contribution in [1.82, 2.24) is 0 Å². The minimum atomic E-state index is -1.09. The molecule has 0 aromatic rings. The highest BCUT2D eigenvalue weighted by molar-refractivity contribution is 5.86. The molecule has 0 amide bonds. The maximum Gasteiger partial charge on any atom is 0.331 e. The highest BCUT2D eigenvalue weighted by Crippen LogP contribution is 2.19. The molecule has 0 heterocycles. The largest absolute Gasteiger partial charge is 0.478 e. The molecule has 2 atom stereocenters. The average molecular weight is 196 g/mol. The summed E-state index contributed by atoms with van der Waals surface area (Å²) < 4.78 is 12.7. The normalized spacial score (nSPS) is 28.7. The number of alkyl halides is 1. The minimum absolute atomic E-state index is 0. The molecule has 0 bridgehead atoms. The van der Waals surface area contributed by atoms with Gasteiger partial charge in [-0.1, -0.05) is 6.08 Å². The third-order valence-corrected chi connectivity index (χ3v) is 1.78. The van der Waals surface area contributed by atoms with Gasteiger partial charge in [-0.05, 0) is 12.8 Å².